The number of pyridine rings is 1. The number of aliphatic hydroxyl groups is 1. The van der Waals surface area contributed by atoms with Crippen molar-refractivity contribution in [1.29, 1.82) is 0 Å². The Bertz CT molecular complexity index is 552. The number of rotatable bonds is 2. The first-order chi connectivity index (χ1) is 8.50. The molecule has 0 saturated heterocycles. The van der Waals surface area contributed by atoms with Crippen LogP contribution in [0.4, 0.5) is 13.2 Å². The number of halogens is 3. The highest BCUT2D eigenvalue weighted by molar-refractivity contribution is 5.64. The second kappa shape index (κ2) is 4.78. The Morgan fingerprint density at radius 2 is 1.78 bits per heavy atom. The van der Waals surface area contributed by atoms with E-state index in [0.29, 0.717) is 16.8 Å². The summed E-state index contributed by atoms with van der Waals surface area (Å²) >= 11 is 0. The van der Waals surface area contributed by atoms with Gasteiger partial charge in [-0.2, -0.15) is 13.2 Å². The second-order valence-corrected chi connectivity index (χ2v) is 3.77. The van der Waals surface area contributed by atoms with E-state index in [4.69, 9.17) is 5.11 Å². The van der Waals surface area contributed by atoms with Crippen molar-refractivity contribution < 1.29 is 18.3 Å². The van der Waals surface area contributed by atoms with Crippen LogP contribution >= 0.6 is 0 Å². The van der Waals surface area contributed by atoms with Crippen LogP contribution in [0, 0.1) is 0 Å². The highest BCUT2D eigenvalue weighted by Gasteiger charge is 2.30. The summed E-state index contributed by atoms with van der Waals surface area (Å²) in [4.78, 5) is 3.88. The molecule has 0 bridgehead atoms. The molecule has 18 heavy (non-hydrogen) atoms. The molecular formula is C13H10F3NO. The third kappa shape index (κ3) is 2.68. The van der Waals surface area contributed by atoms with Gasteiger partial charge in [-0.25, -0.2) is 0 Å². The van der Waals surface area contributed by atoms with Crippen LogP contribution in [-0.4, -0.2) is 10.1 Å². The van der Waals surface area contributed by atoms with Gasteiger partial charge in [-0.05, 0) is 35.4 Å². The molecule has 2 nitrogen and oxygen atoms in total. The fourth-order valence-corrected chi connectivity index (χ4v) is 1.62. The van der Waals surface area contributed by atoms with E-state index in [1.54, 1.807) is 18.2 Å². The zero-order chi connectivity index (χ0) is 13.2. The Labute approximate surface area is 102 Å². The van der Waals surface area contributed by atoms with E-state index in [-0.39, 0.29) is 6.61 Å². The van der Waals surface area contributed by atoms with Crippen LogP contribution < -0.4 is 0 Å². The molecule has 94 valence electrons. The van der Waals surface area contributed by atoms with E-state index in [9.17, 15) is 13.2 Å². The monoisotopic (exact) mass is 253 g/mol. The van der Waals surface area contributed by atoms with Crippen LogP contribution in [-0.2, 0) is 12.8 Å². The van der Waals surface area contributed by atoms with Crippen LogP contribution in [0.3, 0.4) is 0 Å². The second-order valence-electron chi connectivity index (χ2n) is 3.77. The van der Waals surface area contributed by atoms with Crippen LogP contribution in [0.1, 0.15) is 11.3 Å². The molecule has 5 heteroatoms. The van der Waals surface area contributed by atoms with Crippen molar-refractivity contribution >= 4 is 0 Å². The molecule has 0 aliphatic rings. The van der Waals surface area contributed by atoms with Crippen molar-refractivity contribution in [3.63, 3.8) is 0 Å². The predicted molar refractivity (Wildman–Crippen MR) is 60.6 cm³/mol. The Balaban J connectivity index is 2.44. The fraction of sp³-hybridized carbons (Fsp3) is 0.154. The first-order valence-electron chi connectivity index (χ1n) is 5.24. The average Bonchev–Trinajstić information content (AvgIpc) is 2.38. The summed E-state index contributed by atoms with van der Waals surface area (Å²) < 4.78 is 37.7. The minimum absolute atomic E-state index is 0.243. The summed E-state index contributed by atoms with van der Waals surface area (Å²) in [6.07, 6.45) is -2.90. The van der Waals surface area contributed by atoms with E-state index in [2.05, 4.69) is 4.98 Å². The zero-order valence-electron chi connectivity index (χ0n) is 9.28. The van der Waals surface area contributed by atoms with Crippen molar-refractivity contribution in [2.24, 2.45) is 0 Å². The highest BCUT2D eigenvalue weighted by Crippen LogP contribution is 2.32. The largest absolute Gasteiger partial charge is 0.416 e. The number of hydrogen-bond acceptors (Lipinski definition) is 2. The summed E-state index contributed by atoms with van der Waals surface area (Å²) in [5, 5.41) is 8.95. The summed E-state index contributed by atoms with van der Waals surface area (Å²) in [5.41, 5.74) is 0.773. The molecule has 2 aromatic rings. The maximum absolute atomic E-state index is 12.6. The Kier molecular flexibility index (Phi) is 3.34. The maximum atomic E-state index is 12.6. The van der Waals surface area contributed by atoms with Crippen molar-refractivity contribution in [2.75, 3.05) is 0 Å². The Hall–Kier alpha value is -1.88. The van der Waals surface area contributed by atoms with Gasteiger partial charge in [-0.3, -0.25) is 4.98 Å². The molecule has 2 rings (SSSR count). The molecule has 1 aromatic carbocycles. The number of nitrogens with zero attached hydrogens (tertiary/aromatic N) is 1. The number of aromatic nitrogens is 1. The molecule has 0 radical (unpaired) electrons. The molecule has 0 spiro atoms. The van der Waals surface area contributed by atoms with Gasteiger partial charge in [0.15, 0.2) is 0 Å². The minimum atomic E-state index is -4.36. The maximum Gasteiger partial charge on any atom is 0.416 e. The van der Waals surface area contributed by atoms with Gasteiger partial charge in [0.2, 0.25) is 0 Å². The lowest BCUT2D eigenvalue weighted by Gasteiger charge is -2.09. The number of hydrogen-bond donors (Lipinski definition) is 1. The van der Waals surface area contributed by atoms with Gasteiger partial charge >= 0.3 is 6.18 Å². The van der Waals surface area contributed by atoms with Crippen molar-refractivity contribution in [3.05, 3.63) is 53.9 Å². The predicted octanol–water partition coefficient (Wildman–Crippen LogP) is 3.26. The van der Waals surface area contributed by atoms with Crippen molar-refractivity contribution in [1.82, 2.24) is 4.98 Å². The van der Waals surface area contributed by atoms with Crippen molar-refractivity contribution in [2.45, 2.75) is 12.8 Å². The molecule has 0 saturated carbocycles. The Morgan fingerprint density at radius 1 is 1.06 bits per heavy atom. The van der Waals surface area contributed by atoms with Gasteiger partial charge < -0.3 is 5.11 Å². The number of benzene rings is 1. The molecule has 0 amide bonds. The minimum Gasteiger partial charge on any atom is -0.390 e. The Morgan fingerprint density at radius 3 is 2.44 bits per heavy atom. The molecule has 0 unspecified atom stereocenters. The molecule has 0 atom stereocenters. The zero-order valence-corrected chi connectivity index (χ0v) is 9.28. The lowest BCUT2D eigenvalue weighted by molar-refractivity contribution is -0.137. The van der Waals surface area contributed by atoms with Crippen LogP contribution in [0.15, 0.2) is 42.6 Å². The van der Waals surface area contributed by atoms with E-state index < -0.39 is 11.7 Å². The topological polar surface area (TPSA) is 33.1 Å². The molecule has 1 N–H and O–H groups in total. The summed E-state index contributed by atoms with van der Waals surface area (Å²) in [7, 11) is 0. The molecule has 0 fully saturated rings. The molecule has 0 aliphatic heterocycles. The lowest BCUT2D eigenvalue weighted by atomic mass is 10.0. The van der Waals surface area contributed by atoms with Crippen LogP contribution in [0.5, 0.6) is 0 Å². The quantitative estimate of drug-likeness (QED) is 0.891. The molecule has 0 aliphatic carbocycles. The summed E-state index contributed by atoms with van der Waals surface area (Å²) in [5.74, 6) is 0. The third-order valence-electron chi connectivity index (χ3n) is 2.50. The normalized spacial score (nSPS) is 11.6. The van der Waals surface area contributed by atoms with E-state index in [1.807, 2.05) is 0 Å². The van der Waals surface area contributed by atoms with Gasteiger partial charge in [0, 0.05) is 6.20 Å². The summed E-state index contributed by atoms with van der Waals surface area (Å²) in [6.45, 7) is -0.243. The smallest absolute Gasteiger partial charge is 0.390 e. The number of alkyl halides is 3. The van der Waals surface area contributed by atoms with E-state index >= 15 is 0 Å². The fourth-order valence-electron chi connectivity index (χ4n) is 1.62. The molecule has 1 aromatic heterocycles. The van der Waals surface area contributed by atoms with Crippen LogP contribution in [0.25, 0.3) is 11.1 Å². The van der Waals surface area contributed by atoms with Gasteiger partial charge in [0.05, 0.1) is 17.9 Å². The summed E-state index contributed by atoms with van der Waals surface area (Å²) in [6, 6.07) is 8.22. The van der Waals surface area contributed by atoms with Gasteiger partial charge in [-0.1, -0.05) is 12.1 Å². The average molecular weight is 253 g/mol. The SMILES string of the molecule is OCc1cc(-c2cccc(C(F)(F)F)c2)ccn1. The van der Waals surface area contributed by atoms with Gasteiger partial charge in [0.1, 0.15) is 0 Å². The van der Waals surface area contributed by atoms with E-state index in [0.717, 1.165) is 12.1 Å². The first kappa shape index (κ1) is 12.6. The van der Waals surface area contributed by atoms with E-state index in [1.165, 1.54) is 12.3 Å². The molecular weight excluding hydrogens is 243 g/mol. The highest BCUT2D eigenvalue weighted by atomic mass is 19.4. The van der Waals surface area contributed by atoms with Crippen LogP contribution in [0.2, 0.25) is 0 Å². The standard InChI is InChI=1S/C13H10F3NO/c14-13(15,16)11-3-1-2-9(6-11)10-4-5-17-12(7-10)8-18/h1-7,18H,8H2. The van der Waals surface area contributed by atoms with Crippen molar-refractivity contribution in [3.8, 4) is 11.1 Å². The van der Waals surface area contributed by atoms with Gasteiger partial charge in [0.25, 0.3) is 0 Å². The number of aliphatic hydroxyl groups excluding tert-OH is 1. The molecule has 1 heterocycles. The lowest BCUT2D eigenvalue weighted by Crippen LogP contribution is -2.04. The first-order valence-corrected chi connectivity index (χ1v) is 5.24. The van der Waals surface area contributed by atoms with Gasteiger partial charge in [-0.15, -0.1) is 0 Å². The third-order valence-corrected chi connectivity index (χ3v) is 2.50.